The van der Waals surface area contributed by atoms with Gasteiger partial charge in [0, 0.05) is 6.54 Å². The molecule has 0 atom stereocenters. The minimum Gasteiger partial charge on any atom is -0.296 e. The molecule has 0 N–H and O–H groups in total. The third-order valence-electron chi connectivity index (χ3n) is 3.43. The largest absolute Gasteiger partial charge is 0.296 e. The average molecular weight is 282 g/mol. The number of hydrogen-bond donors (Lipinski definition) is 0. The molecule has 3 aromatic rings. The number of fused-ring (bicyclic) bond motifs is 1. The lowest BCUT2D eigenvalue weighted by Gasteiger charge is -2.12. The van der Waals surface area contributed by atoms with E-state index >= 15 is 0 Å². The van der Waals surface area contributed by atoms with Crippen molar-refractivity contribution in [3.8, 4) is 5.69 Å². The van der Waals surface area contributed by atoms with E-state index < -0.39 is 0 Å². The van der Waals surface area contributed by atoms with E-state index in [1.54, 1.807) is 15.4 Å². The first-order valence-corrected chi connectivity index (χ1v) is 7.08. The third kappa shape index (κ3) is 2.35. The summed E-state index contributed by atoms with van der Waals surface area (Å²) in [7, 11) is 0. The quantitative estimate of drug-likeness (QED) is 0.742. The van der Waals surface area contributed by atoms with E-state index in [0.29, 0.717) is 23.5 Å². The summed E-state index contributed by atoms with van der Waals surface area (Å²) in [6.45, 7) is 6.71. The fourth-order valence-corrected chi connectivity index (χ4v) is 2.44. The second kappa shape index (κ2) is 5.16. The normalized spacial score (nSPS) is 11.4. The maximum atomic E-state index is 12.6. The molecule has 2 aromatic heterocycles. The van der Waals surface area contributed by atoms with Crippen molar-refractivity contribution in [2.45, 2.75) is 27.3 Å². The zero-order valence-corrected chi connectivity index (χ0v) is 12.4. The number of hydrogen-bond acceptors (Lipinski definition) is 3. The number of para-hydroxylation sites is 1. The summed E-state index contributed by atoms with van der Waals surface area (Å²) >= 11 is 0. The summed E-state index contributed by atoms with van der Waals surface area (Å²) in [5.41, 5.74) is 1.50. The second-order valence-electron chi connectivity index (χ2n) is 5.60. The molecule has 0 saturated heterocycles. The predicted octanol–water partition coefficient (Wildman–Crippen LogP) is 2.55. The molecule has 2 heterocycles. The summed E-state index contributed by atoms with van der Waals surface area (Å²) in [5, 5.41) is 4.89. The van der Waals surface area contributed by atoms with Crippen molar-refractivity contribution >= 4 is 11.0 Å². The summed E-state index contributed by atoms with van der Waals surface area (Å²) < 4.78 is 3.44. The molecule has 0 saturated carbocycles. The lowest BCUT2D eigenvalue weighted by molar-refractivity contribution is 0.497. The molecule has 0 fully saturated rings. The highest BCUT2D eigenvalue weighted by molar-refractivity contribution is 5.75. The Morgan fingerprint density at radius 3 is 2.57 bits per heavy atom. The number of rotatable bonds is 3. The summed E-state index contributed by atoms with van der Waals surface area (Å²) in [4.78, 5) is 17.2. The molecule has 1 aromatic carbocycles. The number of aryl methyl sites for hydroxylation is 1. The summed E-state index contributed by atoms with van der Waals surface area (Å²) in [5.74, 6) is 1.11. The van der Waals surface area contributed by atoms with Crippen LogP contribution in [0.15, 0.2) is 41.3 Å². The zero-order valence-electron chi connectivity index (χ0n) is 12.4. The Kier molecular flexibility index (Phi) is 3.33. The molecule has 5 heteroatoms. The van der Waals surface area contributed by atoms with Gasteiger partial charge in [-0.3, -0.25) is 9.36 Å². The predicted molar refractivity (Wildman–Crippen MR) is 82.7 cm³/mol. The highest BCUT2D eigenvalue weighted by Gasteiger charge is 2.14. The Bertz CT molecular complexity index is 831. The smallest absolute Gasteiger partial charge is 0.264 e. The molecule has 0 radical (unpaired) electrons. The number of nitrogens with zero attached hydrogens (tertiary/aromatic N) is 4. The Hall–Kier alpha value is -2.43. The third-order valence-corrected chi connectivity index (χ3v) is 3.43. The summed E-state index contributed by atoms with van der Waals surface area (Å²) in [6.07, 6.45) is 1.61. The van der Waals surface area contributed by atoms with Gasteiger partial charge in [-0.1, -0.05) is 32.0 Å². The maximum absolute atomic E-state index is 12.6. The van der Waals surface area contributed by atoms with Gasteiger partial charge in [0.25, 0.3) is 5.56 Å². The van der Waals surface area contributed by atoms with Crippen LogP contribution in [0.3, 0.4) is 0 Å². The molecular weight excluding hydrogens is 264 g/mol. The Labute approximate surface area is 122 Å². The first-order chi connectivity index (χ1) is 10.1. The van der Waals surface area contributed by atoms with Crippen molar-refractivity contribution in [1.29, 1.82) is 0 Å². The fourth-order valence-electron chi connectivity index (χ4n) is 2.44. The van der Waals surface area contributed by atoms with E-state index in [1.165, 1.54) is 0 Å². The van der Waals surface area contributed by atoms with E-state index in [9.17, 15) is 4.79 Å². The zero-order chi connectivity index (χ0) is 15.0. The van der Waals surface area contributed by atoms with Crippen LogP contribution >= 0.6 is 0 Å². The van der Waals surface area contributed by atoms with E-state index in [2.05, 4.69) is 23.9 Å². The van der Waals surface area contributed by atoms with Crippen molar-refractivity contribution in [3.05, 3.63) is 52.7 Å². The van der Waals surface area contributed by atoms with Crippen molar-refractivity contribution < 1.29 is 0 Å². The highest BCUT2D eigenvalue weighted by atomic mass is 16.1. The van der Waals surface area contributed by atoms with Gasteiger partial charge in [0.1, 0.15) is 11.2 Å². The average Bonchev–Trinajstić information content (AvgIpc) is 2.88. The minimum atomic E-state index is -0.0200. The van der Waals surface area contributed by atoms with Crippen LogP contribution in [0.5, 0.6) is 0 Å². The lowest BCUT2D eigenvalue weighted by atomic mass is 10.2. The number of benzene rings is 1. The van der Waals surface area contributed by atoms with E-state index in [0.717, 1.165) is 11.5 Å². The Balaban J connectivity index is 2.23. The Morgan fingerprint density at radius 1 is 1.19 bits per heavy atom. The van der Waals surface area contributed by atoms with Crippen LogP contribution in [0.4, 0.5) is 0 Å². The molecule has 3 rings (SSSR count). The van der Waals surface area contributed by atoms with Gasteiger partial charge in [-0.25, -0.2) is 9.67 Å². The molecule has 0 aliphatic rings. The fraction of sp³-hybridized carbons (Fsp3) is 0.312. The highest BCUT2D eigenvalue weighted by Crippen LogP contribution is 2.14. The molecule has 0 amide bonds. The molecular formula is C16H18N4O. The first kappa shape index (κ1) is 13.5. The van der Waals surface area contributed by atoms with Crippen LogP contribution < -0.4 is 5.56 Å². The molecule has 21 heavy (non-hydrogen) atoms. The monoisotopic (exact) mass is 282 g/mol. The van der Waals surface area contributed by atoms with Crippen LogP contribution in [0, 0.1) is 12.8 Å². The SMILES string of the molecule is Cc1nc2c(cnn2-c2ccccc2)c(=O)n1CC(C)C. The van der Waals surface area contributed by atoms with Crippen LogP contribution in [-0.2, 0) is 6.54 Å². The van der Waals surface area contributed by atoms with Gasteiger partial charge in [0.05, 0.1) is 11.9 Å². The molecule has 0 aliphatic carbocycles. The molecule has 0 aliphatic heterocycles. The molecule has 0 spiro atoms. The van der Waals surface area contributed by atoms with Crippen molar-refractivity contribution in [2.24, 2.45) is 5.92 Å². The van der Waals surface area contributed by atoms with Crippen LogP contribution in [0.2, 0.25) is 0 Å². The van der Waals surface area contributed by atoms with Gasteiger partial charge in [0.15, 0.2) is 5.65 Å². The lowest BCUT2D eigenvalue weighted by Crippen LogP contribution is -2.25. The van der Waals surface area contributed by atoms with Crippen LogP contribution in [-0.4, -0.2) is 19.3 Å². The van der Waals surface area contributed by atoms with E-state index in [-0.39, 0.29) is 5.56 Å². The Morgan fingerprint density at radius 2 is 1.90 bits per heavy atom. The first-order valence-electron chi connectivity index (χ1n) is 7.08. The summed E-state index contributed by atoms with van der Waals surface area (Å²) in [6, 6.07) is 9.72. The van der Waals surface area contributed by atoms with Gasteiger partial charge >= 0.3 is 0 Å². The topological polar surface area (TPSA) is 52.7 Å². The van der Waals surface area contributed by atoms with Gasteiger partial charge in [-0.15, -0.1) is 0 Å². The van der Waals surface area contributed by atoms with Crippen molar-refractivity contribution in [1.82, 2.24) is 19.3 Å². The van der Waals surface area contributed by atoms with E-state index in [1.807, 2.05) is 37.3 Å². The molecule has 108 valence electrons. The van der Waals surface area contributed by atoms with Crippen LogP contribution in [0.1, 0.15) is 19.7 Å². The van der Waals surface area contributed by atoms with Crippen molar-refractivity contribution in [3.63, 3.8) is 0 Å². The van der Waals surface area contributed by atoms with Crippen molar-refractivity contribution in [2.75, 3.05) is 0 Å². The number of aromatic nitrogens is 4. The molecule has 0 bridgehead atoms. The molecule has 5 nitrogen and oxygen atoms in total. The van der Waals surface area contributed by atoms with Crippen LogP contribution in [0.25, 0.3) is 16.7 Å². The second-order valence-corrected chi connectivity index (χ2v) is 5.60. The van der Waals surface area contributed by atoms with Gasteiger partial charge < -0.3 is 0 Å². The standard InChI is InChI=1S/C16H18N4O/c1-11(2)10-19-12(3)18-15-14(16(19)21)9-17-20(15)13-7-5-4-6-8-13/h4-9,11H,10H2,1-3H3. The van der Waals surface area contributed by atoms with E-state index in [4.69, 9.17) is 0 Å². The molecule has 0 unspecified atom stereocenters. The van der Waals surface area contributed by atoms with Gasteiger partial charge in [-0.2, -0.15) is 5.10 Å². The maximum Gasteiger partial charge on any atom is 0.264 e. The minimum absolute atomic E-state index is 0.0200. The van der Waals surface area contributed by atoms with Gasteiger partial charge in [0.2, 0.25) is 0 Å². The van der Waals surface area contributed by atoms with Gasteiger partial charge in [-0.05, 0) is 25.0 Å².